The summed E-state index contributed by atoms with van der Waals surface area (Å²) in [5.74, 6) is 0. The molecule has 0 bridgehead atoms. The molecule has 20 heavy (non-hydrogen) atoms. The van der Waals surface area contributed by atoms with Gasteiger partial charge in [-0.2, -0.15) is 0 Å². The highest BCUT2D eigenvalue weighted by Crippen LogP contribution is 2.03. The molecule has 3 nitrogen and oxygen atoms in total. The van der Waals surface area contributed by atoms with Crippen molar-refractivity contribution in [2.75, 3.05) is 39.4 Å². The first-order valence-corrected chi connectivity index (χ1v) is 8.35. The lowest BCUT2D eigenvalue weighted by Gasteiger charge is -2.26. The van der Waals surface area contributed by atoms with Crippen LogP contribution in [0.4, 0.5) is 0 Å². The van der Waals surface area contributed by atoms with Crippen molar-refractivity contribution in [2.24, 2.45) is 0 Å². The number of allylic oxidation sites excluding steroid dienone is 2. The summed E-state index contributed by atoms with van der Waals surface area (Å²) in [6.45, 7) is 13.2. The second-order valence-corrected chi connectivity index (χ2v) is 6.23. The quantitative estimate of drug-likeness (QED) is 0.492. The van der Waals surface area contributed by atoms with Crippen molar-refractivity contribution in [3.05, 3.63) is 11.6 Å². The first-order valence-electron chi connectivity index (χ1n) is 8.35. The largest absolute Gasteiger partial charge is 0.379 e. The summed E-state index contributed by atoms with van der Waals surface area (Å²) in [7, 11) is 0. The monoisotopic (exact) mass is 282 g/mol. The van der Waals surface area contributed by atoms with E-state index in [1.54, 1.807) is 0 Å². The molecule has 1 heterocycles. The number of nitrogens with zero attached hydrogens (tertiary/aromatic N) is 1. The van der Waals surface area contributed by atoms with Gasteiger partial charge >= 0.3 is 0 Å². The molecule has 0 saturated carbocycles. The van der Waals surface area contributed by atoms with E-state index in [1.807, 2.05) is 0 Å². The van der Waals surface area contributed by atoms with Gasteiger partial charge in [0.1, 0.15) is 0 Å². The van der Waals surface area contributed by atoms with Gasteiger partial charge in [-0.1, -0.05) is 18.1 Å². The summed E-state index contributed by atoms with van der Waals surface area (Å²) in [5.41, 5.74) is 1.43. The predicted molar refractivity (Wildman–Crippen MR) is 87.2 cm³/mol. The standard InChI is InChI=1S/C17H34N2O/c1-16(2)8-7-9-17(3)18-10-5-4-6-11-19-12-14-20-15-13-19/h8,17-18H,4-7,9-15H2,1-3H3. The molecule has 0 spiro atoms. The molecule has 0 aromatic heterocycles. The third kappa shape index (κ3) is 9.51. The van der Waals surface area contributed by atoms with Gasteiger partial charge in [0, 0.05) is 19.1 Å². The van der Waals surface area contributed by atoms with E-state index in [0.29, 0.717) is 6.04 Å². The number of nitrogens with one attached hydrogen (secondary N) is 1. The molecule has 3 heteroatoms. The maximum Gasteiger partial charge on any atom is 0.0594 e. The van der Waals surface area contributed by atoms with Gasteiger partial charge in [-0.05, 0) is 59.5 Å². The summed E-state index contributed by atoms with van der Waals surface area (Å²) >= 11 is 0. The van der Waals surface area contributed by atoms with Crippen LogP contribution in [0.3, 0.4) is 0 Å². The number of unbranched alkanes of at least 4 members (excludes halogenated alkanes) is 2. The number of rotatable bonds is 10. The van der Waals surface area contributed by atoms with E-state index in [4.69, 9.17) is 4.74 Å². The van der Waals surface area contributed by atoms with Crippen LogP contribution in [0.15, 0.2) is 11.6 Å². The molecule has 1 unspecified atom stereocenters. The Morgan fingerprint density at radius 2 is 1.95 bits per heavy atom. The number of hydrogen-bond acceptors (Lipinski definition) is 3. The SMILES string of the molecule is CC(C)=CCCC(C)NCCCCCN1CCOCC1. The molecule has 0 radical (unpaired) electrons. The van der Waals surface area contributed by atoms with Gasteiger partial charge < -0.3 is 10.1 Å². The molecule has 1 aliphatic heterocycles. The van der Waals surface area contributed by atoms with Gasteiger partial charge in [0.15, 0.2) is 0 Å². The van der Waals surface area contributed by atoms with Crippen LogP contribution in [-0.2, 0) is 4.74 Å². The third-order valence-electron chi connectivity index (χ3n) is 3.90. The Kier molecular flexibility index (Phi) is 9.98. The first-order chi connectivity index (χ1) is 9.68. The van der Waals surface area contributed by atoms with Crippen LogP contribution in [0.5, 0.6) is 0 Å². The summed E-state index contributed by atoms with van der Waals surface area (Å²) in [4.78, 5) is 2.53. The molecule has 0 amide bonds. The van der Waals surface area contributed by atoms with Gasteiger partial charge in [-0.15, -0.1) is 0 Å². The molecule has 1 N–H and O–H groups in total. The average molecular weight is 282 g/mol. The fraction of sp³-hybridized carbons (Fsp3) is 0.882. The number of morpholine rings is 1. The lowest BCUT2D eigenvalue weighted by Crippen LogP contribution is -2.36. The van der Waals surface area contributed by atoms with Crippen molar-refractivity contribution in [1.82, 2.24) is 10.2 Å². The molecule has 0 aliphatic carbocycles. The lowest BCUT2D eigenvalue weighted by atomic mass is 10.1. The van der Waals surface area contributed by atoms with Gasteiger partial charge in [-0.3, -0.25) is 4.90 Å². The Morgan fingerprint density at radius 3 is 2.65 bits per heavy atom. The van der Waals surface area contributed by atoms with E-state index in [2.05, 4.69) is 37.1 Å². The highest BCUT2D eigenvalue weighted by molar-refractivity contribution is 4.93. The highest BCUT2D eigenvalue weighted by atomic mass is 16.5. The molecule has 1 fully saturated rings. The third-order valence-corrected chi connectivity index (χ3v) is 3.90. The van der Waals surface area contributed by atoms with Crippen molar-refractivity contribution in [2.45, 2.75) is 58.9 Å². The topological polar surface area (TPSA) is 24.5 Å². The van der Waals surface area contributed by atoms with Gasteiger partial charge in [-0.25, -0.2) is 0 Å². The second-order valence-electron chi connectivity index (χ2n) is 6.23. The molecule has 1 saturated heterocycles. The molecule has 1 rings (SSSR count). The maximum absolute atomic E-state index is 5.36. The summed E-state index contributed by atoms with van der Waals surface area (Å²) < 4.78 is 5.36. The second kappa shape index (κ2) is 11.3. The van der Waals surface area contributed by atoms with Gasteiger partial charge in [0.2, 0.25) is 0 Å². The van der Waals surface area contributed by atoms with Gasteiger partial charge in [0.25, 0.3) is 0 Å². The van der Waals surface area contributed by atoms with Crippen LogP contribution < -0.4 is 5.32 Å². The first kappa shape index (κ1) is 17.7. The minimum Gasteiger partial charge on any atom is -0.379 e. The number of ether oxygens (including phenoxy) is 1. The van der Waals surface area contributed by atoms with Crippen LogP contribution in [0.1, 0.15) is 52.9 Å². The fourth-order valence-corrected chi connectivity index (χ4v) is 2.53. The van der Waals surface area contributed by atoms with Crippen LogP contribution in [0.2, 0.25) is 0 Å². The Morgan fingerprint density at radius 1 is 1.20 bits per heavy atom. The van der Waals surface area contributed by atoms with Crippen molar-refractivity contribution >= 4 is 0 Å². The van der Waals surface area contributed by atoms with Gasteiger partial charge in [0.05, 0.1) is 13.2 Å². The number of hydrogen-bond donors (Lipinski definition) is 1. The van der Waals surface area contributed by atoms with Crippen molar-refractivity contribution in [1.29, 1.82) is 0 Å². The van der Waals surface area contributed by atoms with Crippen LogP contribution in [0.25, 0.3) is 0 Å². The highest BCUT2D eigenvalue weighted by Gasteiger charge is 2.08. The lowest BCUT2D eigenvalue weighted by molar-refractivity contribution is 0.0371. The molecule has 1 aliphatic rings. The minimum absolute atomic E-state index is 0.643. The zero-order chi connectivity index (χ0) is 14.6. The average Bonchev–Trinajstić information content (AvgIpc) is 2.43. The van der Waals surface area contributed by atoms with E-state index in [0.717, 1.165) is 26.3 Å². The van der Waals surface area contributed by atoms with Crippen molar-refractivity contribution < 1.29 is 4.74 Å². The zero-order valence-corrected chi connectivity index (χ0v) is 13.8. The predicted octanol–water partition coefficient (Wildman–Crippen LogP) is 3.21. The Balaban J connectivity index is 1.87. The molecule has 118 valence electrons. The van der Waals surface area contributed by atoms with E-state index in [1.165, 1.54) is 50.8 Å². The maximum atomic E-state index is 5.36. The van der Waals surface area contributed by atoms with E-state index in [9.17, 15) is 0 Å². The summed E-state index contributed by atoms with van der Waals surface area (Å²) in [6.07, 6.45) is 8.75. The van der Waals surface area contributed by atoms with E-state index >= 15 is 0 Å². The van der Waals surface area contributed by atoms with Crippen molar-refractivity contribution in [3.63, 3.8) is 0 Å². The Labute approximate surface area is 125 Å². The fourth-order valence-electron chi connectivity index (χ4n) is 2.53. The molecule has 0 aromatic rings. The molecular weight excluding hydrogens is 248 g/mol. The van der Waals surface area contributed by atoms with E-state index < -0.39 is 0 Å². The van der Waals surface area contributed by atoms with Crippen LogP contribution in [0, 0.1) is 0 Å². The summed E-state index contributed by atoms with van der Waals surface area (Å²) in [6, 6.07) is 0.643. The van der Waals surface area contributed by atoms with Crippen molar-refractivity contribution in [3.8, 4) is 0 Å². The van der Waals surface area contributed by atoms with Crippen LogP contribution in [-0.4, -0.2) is 50.3 Å². The normalized spacial score (nSPS) is 17.9. The minimum atomic E-state index is 0.643. The molecule has 1 atom stereocenters. The smallest absolute Gasteiger partial charge is 0.0594 e. The molecular formula is C17H34N2O. The molecule has 0 aromatic carbocycles. The van der Waals surface area contributed by atoms with E-state index in [-0.39, 0.29) is 0 Å². The zero-order valence-electron chi connectivity index (χ0n) is 13.8. The summed E-state index contributed by atoms with van der Waals surface area (Å²) in [5, 5.41) is 3.63. The Bertz CT molecular complexity index is 256. The van der Waals surface area contributed by atoms with Crippen LogP contribution >= 0.6 is 0 Å². The Hall–Kier alpha value is -0.380.